The molecule has 1 aromatic heterocycles. The molecule has 3 aromatic rings. The molecule has 2 aromatic carbocycles. The number of carbonyl (C=O) groups excluding carboxylic acids is 2. The van der Waals surface area contributed by atoms with Crippen LogP contribution in [0, 0.1) is 28.6 Å². The van der Waals surface area contributed by atoms with Gasteiger partial charge < -0.3 is 24.8 Å². The van der Waals surface area contributed by atoms with E-state index in [2.05, 4.69) is 83.1 Å². The number of rotatable bonds is 6. The second-order valence-corrected chi connectivity index (χ2v) is 20.8. The lowest BCUT2D eigenvalue weighted by Gasteiger charge is -2.64. The first-order chi connectivity index (χ1) is 27.2. The van der Waals surface area contributed by atoms with Gasteiger partial charge in [0, 0.05) is 50.5 Å². The molecule has 2 fully saturated rings. The summed E-state index contributed by atoms with van der Waals surface area (Å²) in [5, 5.41) is 28.9. The van der Waals surface area contributed by atoms with Gasteiger partial charge in [-0.25, -0.2) is 0 Å². The number of amides is 1. The maximum atomic E-state index is 15.0. The van der Waals surface area contributed by atoms with Crippen molar-refractivity contribution in [1.29, 1.82) is 0 Å². The summed E-state index contributed by atoms with van der Waals surface area (Å²) in [6, 6.07) is 9.21. The number of benzene rings is 2. The molecule has 3 N–H and O–H groups in total. The first-order valence-corrected chi connectivity index (χ1v) is 21.7. The molecule has 306 valence electrons. The Morgan fingerprint density at radius 2 is 1.76 bits per heavy atom. The Balaban J connectivity index is 1.12. The van der Waals surface area contributed by atoms with Gasteiger partial charge in [0.15, 0.2) is 5.78 Å². The molecule has 6 aliphatic rings. The van der Waals surface area contributed by atoms with Crippen LogP contribution in [0.15, 0.2) is 72.4 Å². The summed E-state index contributed by atoms with van der Waals surface area (Å²) in [5.41, 5.74) is 7.20. The fourth-order valence-corrected chi connectivity index (χ4v) is 13.6. The average molecular weight is 803 g/mol. The minimum Gasteiger partial charge on any atom is -0.392 e. The summed E-state index contributed by atoms with van der Waals surface area (Å²) in [6.07, 6.45) is 11.2. The van der Waals surface area contributed by atoms with E-state index in [1.807, 2.05) is 50.3 Å². The Kier molecular flexibility index (Phi) is 8.81. The van der Waals surface area contributed by atoms with Gasteiger partial charge in [-0.1, -0.05) is 74.9 Å². The van der Waals surface area contributed by atoms with Crippen LogP contribution in [-0.2, 0) is 27.9 Å². The molecule has 0 saturated heterocycles. The summed E-state index contributed by atoms with van der Waals surface area (Å²) in [5.74, 6) is 0.129. The van der Waals surface area contributed by atoms with Crippen molar-refractivity contribution < 1.29 is 24.5 Å². The van der Waals surface area contributed by atoms with Crippen molar-refractivity contribution in [3.05, 3.63) is 111 Å². The minimum absolute atomic E-state index is 0.0270. The summed E-state index contributed by atoms with van der Waals surface area (Å²) < 4.78 is 8.91. The predicted molar refractivity (Wildman–Crippen MR) is 231 cm³/mol. The highest BCUT2D eigenvalue weighted by Gasteiger charge is 2.67. The van der Waals surface area contributed by atoms with Gasteiger partial charge in [-0.3, -0.25) is 9.59 Å². The summed E-state index contributed by atoms with van der Waals surface area (Å²) >= 11 is 6.03. The summed E-state index contributed by atoms with van der Waals surface area (Å²) in [7, 11) is 0. The maximum Gasteiger partial charge on any atom is 0.247 e. The Hall–Kier alpha value is -3.75. The molecule has 2 aliphatic heterocycles. The molecule has 1 amide bonds. The zero-order valence-corrected chi connectivity index (χ0v) is 36.3. The SMILES string of the molecule is C=C(C)[C@H]1C(=O)c2c3c(cc4c5c(n1c24)[C@@]1(C)[C@@H](CC[C@H]2[C@](C)(/C=C/C=C(\C)C(=O)NCc4ccc(Cl)cc4)[C@@H](O)CC[C@@]21C)C5)C1=CC(C)(C)OC(C)(C)[C@H]1[C@@H]3O. The molecular formula is C50H59ClN2O5. The zero-order chi connectivity index (χ0) is 41.6. The van der Waals surface area contributed by atoms with Gasteiger partial charge >= 0.3 is 0 Å². The Morgan fingerprint density at radius 3 is 2.45 bits per heavy atom. The number of fused-ring (bicyclic) bond motifs is 11. The third-order valence-corrected chi connectivity index (χ3v) is 16.4. The van der Waals surface area contributed by atoms with Gasteiger partial charge in [-0.05, 0) is 137 Å². The molecule has 0 bridgehead atoms. The number of hydrogen-bond donors (Lipinski definition) is 3. The number of aromatic nitrogens is 1. The molecule has 7 nitrogen and oxygen atoms in total. The maximum absolute atomic E-state index is 15.0. The highest BCUT2D eigenvalue weighted by molar-refractivity contribution is 6.30. The van der Waals surface area contributed by atoms with Crippen LogP contribution in [0.3, 0.4) is 0 Å². The van der Waals surface area contributed by atoms with E-state index < -0.39 is 34.9 Å². The lowest BCUT2D eigenvalue weighted by Crippen LogP contribution is -2.62. The Morgan fingerprint density at radius 1 is 1.05 bits per heavy atom. The molecule has 2 saturated carbocycles. The van der Waals surface area contributed by atoms with Crippen LogP contribution in [-0.4, -0.2) is 43.8 Å². The van der Waals surface area contributed by atoms with E-state index in [4.69, 9.17) is 16.3 Å². The van der Waals surface area contributed by atoms with Crippen LogP contribution >= 0.6 is 11.6 Å². The number of hydrogen-bond acceptors (Lipinski definition) is 5. The summed E-state index contributed by atoms with van der Waals surface area (Å²) in [4.78, 5) is 28.0. The predicted octanol–water partition coefficient (Wildman–Crippen LogP) is 10.1. The van der Waals surface area contributed by atoms with Crippen molar-refractivity contribution in [2.45, 2.75) is 136 Å². The molecule has 8 heteroatoms. The van der Waals surface area contributed by atoms with Crippen molar-refractivity contribution >= 4 is 39.8 Å². The van der Waals surface area contributed by atoms with Crippen LogP contribution in [0.4, 0.5) is 0 Å². The Labute approximate surface area is 348 Å². The number of allylic oxidation sites excluding steroid dienone is 3. The first kappa shape index (κ1) is 39.7. The molecule has 9 atom stereocenters. The smallest absolute Gasteiger partial charge is 0.247 e. The van der Waals surface area contributed by atoms with Crippen molar-refractivity contribution in [2.75, 3.05) is 0 Å². The van der Waals surface area contributed by atoms with Crippen molar-refractivity contribution in [2.24, 2.45) is 28.6 Å². The summed E-state index contributed by atoms with van der Waals surface area (Å²) in [6.45, 7) is 24.0. The molecular weight excluding hydrogens is 744 g/mol. The van der Waals surface area contributed by atoms with E-state index in [9.17, 15) is 19.8 Å². The first-order valence-electron chi connectivity index (χ1n) is 21.3. The van der Waals surface area contributed by atoms with Crippen molar-refractivity contribution in [1.82, 2.24) is 9.88 Å². The van der Waals surface area contributed by atoms with Crippen LogP contribution < -0.4 is 5.32 Å². The van der Waals surface area contributed by atoms with Crippen LogP contribution in [0.1, 0.15) is 138 Å². The van der Waals surface area contributed by atoms with E-state index in [1.54, 1.807) is 0 Å². The lowest BCUT2D eigenvalue weighted by atomic mass is 9.40. The number of carbonyl (C=O) groups is 2. The molecule has 0 radical (unpaired) electrons. The third kappa shape index (κ3) is 5.28. The van der Waals surface area contributed by atoms with Crippen molar-refractivity contribution in [3.8, 4) is 0 Å². The number of Topliss-reactive ketones (excluding diaryl/α,β-unsaturated/α-hetero) is 1. The van der Waals surface area contributed by atoms with Gasteiger partial charge in [0.25, 0.3) is 0 Å². The number of ketones is 1. The van der Waals surface area contributed by atoms with Gasteiger partial charge in [-0.15, -0.1) is 0 Å². The number of nitrogens with zero attached hydrogens (tertiary/aromatic N) is 1. The zero-order valence-electron chi connectivity index (χ0n) is 35.6. The number of nitrogens with one attached hydrogen (secondary N) is 1. The number of ether oxygens (including phenoxy) is 1. The minimum atomic E-state index is -0.864. The second kappa shape index (κ2) is 12.9. The number of aliphatic hydroxyl groups excluding tert-OH is 2. The van der Waals surface area contributed by atoms with E-state index >= 15 is 0 Å². The van der Waals surface area contributed by atoms with Gasteiger partial charge in [-0.2, -0.15) is 0 Å². The van der Waals surface area contributed by atoms with E-state index in [1.165, 1.54) is 11.3 Å². The number of halogens is 1. The van der Waals surface area contributed by atoms with Gasteiger partial charge in [0.1, 0.15) is 6.04 Å². The van der Waals surface area contributed by atoms with E-state index in [-0.39, 0.29) is 34.4 Å². The quantitative estimate of drug-likeness (QED) is 0.131. The van der Waals surface area contributed by atoms with Crippen LogP contribution in [0.25, 0.3) is 16.5 Å². The molecule has 9 rings (SSSR count). The van der Waals surface area contributed by atoms with E-state index in [0.717, 1.165) is 64.4 Å². The fourth-order valence-electron chi connectivity index (χ4n) is 13.5. The van der Waals surface area contributed by atoms with Crippen LogP contribution in [0.2, 0.25) is 5.02 Å². The van der Waals surface area contributed by atoms with E-state index in [0.29, 0.717) is 35.0 Å². The van der Waals surface area contributed by atoms with Gasteiger partial charge in [0.2, 0.25) is 5.91 Å². The largest absolute Gasteiger partial charge is 0.392 e. The number of aliphatic hydroxyl groups is 2. The van der Waals surface area contributed by atoms with Crippen LogP contribution in [0.5, 0.6) is 0 Å². The average Bonchev–Trinajstić information content (AvgIpc) is 3.82. The normalized spacial score (nSPS) is 35.3. The standard InChI is InChI=1S/C50H59ClN2O5/c1-26(2)40-43(56)38-37-31(34-24-46(4,5)58-47(6,7)39(34)42(37)55)23-32-33-22-29-15-18-35-48(8,20-11-12-27(3)45(57)52-25-28-13-16-30(51)17-14-28)36(54)19-21-49(35,9)50(29,10)44(33)53(40)41(32)38/h11-14,16-17,20,23-24,29,35-36,39-40,42,54-55H,1,15,18-19,21-22,25H2,2-10H3,(H,52,57)/b20-11+,27-12+/t29-,35-,36-,39+,40-,42+,48-,49-,50+/m0/s1. The fraction of sp³-hybridized carbons (Fsp3) is 0.520. The lowest BCUT2D eigenvalue weighted by molar-refractivity contribution is -0.144. The second-order valence-electron chi connectivity index (χ2n) is 20.3. The monoisotopic (exact) mass is 802 g/mol. The molecule has 0 spiro atoms. The molecule has 4 aliphatic carbocycles. The highest BCUT2D eigenvalue weighted by atomic mass is 35.5. The molecule has 58 heavy (non-hydrogen) atoms. The van der Waals surface area contributed by atoms with Gasteiger partial charge in [0.05, 0.1) is 34.5 Å². The Bertz CT molecular complexity index is 2410. The van der Waals surface area contributed by atoms with Crippen molar-refractivity contribution in [3.63, 3.8) is 0 Å². The third-order valence-electron chi connectivity index (χ3n) is 16.1. The topological polar surface area (TPSA) is 101 Å². The highest BCUT2D eigenvalue weighted by Crippen LogP contribution is 2.71. The molecule has 3 heterocycles. The molecule has 0 unspecified atom stereocenters.